The summed E-state index contributed by atoms with van der Waals surface area (Å²) in [7, 11) is 0. The van der Waals surface area contributed by atoms with Crippen LogP contribution in [0.1, 0.15) is 13.8 Å². The summed E-state index contributed by atoms with van der Waals surface area (Å²) < 4.78 is 6.39. The summed E-state index contributed by atoms with van der Waals surface area (Å²) in [6.07, 6.45) is 0.249. The fraction of sp³-hybridized carbons (Fsp3) is 0.467. The lowest BCUT2D eigenvalue weighted by atomic mass is 10.2. The van der Waals surface area contributed by atoms with Crippen molar-refractivity contribution in [3.05, 3.63) is 27.1 Å². The van der Waals surface area contributed by atoms with E-state index in [2.05, 4.69) is 36.1 Å². The molecule has 124 valence electrons. The Morgan fingerprint density at radius 1 is 1.30 bits per heavy atom. The van der Waals surface area contributed by atoms with Crippen LogP contribution in [0, 0.1) is 0 Å². The second-order valence-corrected chi connectivity index (χ2v) is 6.81. The highest BCUT2D eigenvalue weighted by Crippen LogP contribution is 2.26. The number of carbonyl (C=O) groups is 1. The molecule has 3 N–H and O–H groups in total. The van der Waals surface area contributed by atoms with Gasteiger partial charge in [-0.05, 0) is 41.9 Å². The molecule has 1 saturated heterocycles. The zero-order valence-corrected chi connectivity index (χ0v) is 14.6. The van der Waals surface area contributed by atoms with E-state index in [9.17, 15) is 9.59 Å². The number of rotatable bonds is 3. The second kappa shape index (κ2) is 6.46. The Morgan fingerprint density at radius 3 is 2.57 bits per heavy atom. The Bertz CT molecular complexity index is 775. The SMILES string of the molecule is C[C@@H]1CN(CC(=O)Nc2cc3[nH]c(=O)[nH]c3cc2Br)C[C@@H](C)O1. The van der Waals surface area contributed by atoms with Crippen molar-refractivity contribution in [3.63, 3.8) is 0 Å². The van der Waals surface area contributed by atoms with E-state index >= 15 is 0 Å². The van der Waals surface area contributed by atoms with Gasteiger partial charge in [-0.15, -0.1) is 0 Å². The van der Waals surface area contributed by atoms with Gasteiger partial charge in [-0.3, -0.25) is 9.69 Å². The van der Waals surface area contributed by atoms with Crippen LogP contribution in [-0.2, 0) is 9.53 Å². The minimum Gasteiger partial charge on any atom is -0.373 e. The lowest BCUT2D eigenvalue weighted by Crippen LogP contribution is -2.48. The Balaban J connectivity index is 1.70. The van der Waals surface area contributed by atoms with Gasteiger partial charge >= 0.3 is 5.69 Å². The molecule has 2 aromatic rings. The van der Waals surface area contributed by atoms with Gasteiger partial charge in [0.1, 0.15) is 0 Å². The molecule has 2 heterocycles. The van der Waals surface area contributed by atoms with Crippen molar-refractivity contribution in [1.29, 1.82) is 0 Å². The van der Waals surface area contributed by atoms with E-state index in [-0.39, 0.29) is 23.8 Å². The molecule has 3 rings (SSSR count). The normalized spacial score (nSPS) is 22.4. The predicted molar refractivity (Wildman–Crippen MR) is 91.7 cm³/mol. The number of ether oxygens (including phenoxy) is 1. The molecule has 0 saturated carbocycles. The number of amides is 1. The number of fused-ring (bicyclic) bond motifs is 1. The Kier molecular flexibility index (Phi) is 4.56. The summed E-state index contributed by atoms with van der Waals surface area (Å²) in [5, 5.41) is 2.88. The number of nitrogens with zero attached hydrogens (tertiary/aromatic N) is 1. The summed E-state index contributed by atoms with van der Waals surface area (Å²) >= 11 is 3.42. The smallest absolute Gasteiger partial charge is 0.323 e. The molecular formula is C15H19BrN4O3. The maximum absolute atomic E-state index is 12.3. The Labute approximate surface area is 141 Å². The van der Waals surface area contributed by atoms with Crippen molar-refractivity contribution < 1.29 is 9.53 Å². The number of aromatic nitrogens is 2. The van der Waals surface area contributed by atoms with Gasteiger partial charge in [-0.1, -0.05) is 0 Å². The molecule has 1 amide bonds. The number of benzene rings is 1. The molecule has 1 aromatic carbocycles. The standard InChI is InChI=1S/C15H19BrN4O3/c1-8-5-20(6-9(2)23-8)7-14(21)17-11-4-13-12(3-10(11)16)18-15(22)19-13/h3-4,8-9H,5-7H2,1-2H3,(H,17,21)(H2,18,19,22)/t8-,9-/m1/s1. The fourth-order valence-corrected chi connectivity index (χ4v) is 3.40. The highest BCUT2D eigenvalue weighted by atomic mass is 79.9. The van der Waals surface area contributed by atoms with Gasteiger partial charge in [-0.25, -0.2) is 4.79 Å². The number of hydrogen-bond acceptors (Lipinski definition) is 4. The molecule has 0 bridgehead atoms. The number of carbonyl (C=O) groups excluding carboxylic acids is 1. The van der Waals surface area contributed by atoms with Crippen molar-refractivity contribution in [2.45, 2.75) is 26.1 Å². The zero-order chi connectivity index (χ0) is 16.6. The maximum Gasteiger partial charge on any atom is 0.323 e. The van der Waals surface area contributed by atoms with Crippen LogP contribution in [0.4, 0.5) is 5.69 Å². The van der Waals surface area contributed by atoms with Crippen LogP contribution >= 0.6 is 15.9 Å². The van der Waals surface area contributed by atoms with Crippen LogP contribution in [0.25, 0.3) is 11.0 Å². The molecule has 1 fully saturated rings. The highest BCUT2D eigenvalue weighted by Gasteiger charge is 2.23. The molecule has 1 aromatic heterocycles. The van der Waals surface area contributed by atoms with Crippen LogP contribution in [0.15, 0.2) is 21.4 Å². The van der Waals surface area contributed by atoms with E-state index in [0.29, 0.717) is 23.3 Å². The van der Waals surface area contributed by atoms with Crippen molar-refractivity contribution in [2.24, 2.45) is 0 Å². The molecule has 1 aliphatic heterocycles. The molecule has 0 spiro atoms. The van der Waals surface area contributed by atoms with Crippen LogP contribution in [-0.4, -0.2) is 52.6 Å². The summed E-state index contributed by atoms with van der Waals surface area (Å²) in [5.41, 5.74) is 1.71. The largest absolute Gasteiger partial charge is 0.373 e. The minimum absolute atomic E-state index is 0.0933. The Morgan fingerprint density at radius 2 is 1.91 bits per heavy atom. The quantitative estimate of drug-likeness (QED) is 0.752. The molecule has 0 radical (unpaired) electrons. The third kappa shape index (κ3) is 3.82. The lowest BCUT2D eigenvalue weighted by Gasteiger charge is -2.34. The molecular weight excluding hydrogens is 364 g/mol. The first kappa shape index (κ1) is 16.2. The van der Waals surface area contributed by atoms with Crippen LogP contribution < -0.4 is 11.0 Å². The summed E-state index contributed by atoms with van der Waals surface area (Å²) in [5.74, 6) is -0.0933. The molecule has 1 aliphatic rings. The van der Waals surface area contributed by atoms with Gasteiger partial charge in [0.05, 0.1) is 35.5 Å². The average molecular weight is 383 g/mol. The lowest BCUT2D eigenvalue weighted by molar-refractivity contribution is -0.121. The predicted octanol–water partition coefficient (Wildman–Crippen LogP) is 1.67. The topological polar surface area (TPSA) is 90.2 Å². The number of nitrogens with one attached hydrogen (secondary N) is 3. The number of aromatic amines is 2. The van der Waals surface area contributed by atoms with E-state index in [1.54, 1.807) is 12.1 Å². The highest BCUT2D eigenvalue weighted by molar-refractivity contribution is 9.10. The fourth-order valence-electron chi connectivity index (χ4n) is 2.96. The number of halogens is 1. The van der Waals surface area contributed by atoms with Gasteiger partial charge in [0.2, 0.25) is 5.91 Å². The summed E-state index contributed by atoms with van der Waals surface area (Å²) in [6, 6.07) is 3.50. The minimum atomic E-state index is -0.272. The number of imidazole rings is 1. The number of morpholine rings is 1. The molecule has 8 heteroatoms. The van der Waals surface area contributed by atoms with Crippen LogP contribution in [0.3, 0.4) is 0 Å². The van der Waals surface area contributed by atoms with E-state index < -0.39 is 0 Å². The first-order chi connectivity index (χ1) is 10.9. The van der Waals surface area contributed by atoms with Gasteiger partial charge in [0.25, 0.3) is 0 Å². The monoisotopic (exact) mass is 382 g/mol. The van der Waals surface area contributed by atoms with Gasteiger partial charge in [0.15, 0.2) is 0 Å². The maximum atomic E-state index is 12.3. The van der Waals surface area contributed by atoms with Crippen molar-refractivity contribution in [2.75, 3.05) is 25.0 Å². The third-order valence-electron chi connectivity index (χ3n) is 3.74. The van der Waals surface area contributed by atoms with Gasteiger partial charge in [-0.2, -0.15) is 0 Å². The van der Waals surface area contributed by atoms with Crippen LogP contribution in [0.5, 0.6) is 0 Å². The molecule has 23 heavy (non-hydrogen) atoms. The van der Waals surface area contributed by atoms with E-state index in [1.807, 2.05) is 13.8 Å². The number of H-pyrrole nitrogens is 2. The van der Waals surface area contributed by atoms with Crippen molar-refractivity contribution in [1.82, 2.24) is 14.9 Å². The van der Waals surface area contributed by atoms with E-state index in [1.165, 1.54) is 0 Å². The van der Waals surface area contributed by atoms with E-state index in [4.69, 9.17) is 4.74 Å². The second-order valence-electron chi connectivity index (χ2n) is 5.96. The van der Waals surface area contributed by atoms with Gasteiger partial charge < -0.3 is 20.0 Å². The Hall–Kier alpha value is -1.64. The first-order valence-corrected chi connectivity index (χ1v) is 8.29. The average Bonchev–Trinajstić information content (AvgIpc) is 2.76. The summed E-state index contributed by atoms with van der Waals surface area (Å²) in [6.45, 7) is 5.80. The van der Waals surface area contributed by atoms with Crippen molar-refractivity contribution in [3.8, 4) is 0 Å². The zero-order valence-electron chi connectivity index (χ0n) is 13.0. The molecule has 0 unspecified atom stereocenters. The molecule has 2 atom stereocenters. The third-order valence-corrected chi connectivity index (χ3v) is 4.40. The molecule has 7 nitrogen and oxygen atoms in total. The molecule has 0 aliphatic carbocycles. The van der Waals surface area contributed by atoms with Crippen LogP contribution in [0.2, 0.25) is 0 Å². The summed E-state index contributed by atoms with van der Waals surface area (Å²) in [4.78, 5) is 31.1. The number of hydrogen-bond donors (Lipinski definition) is 3. The first-order valence-electron chi connectivity index (χ1n) is 7.50. The van der Waals surface area contributed by atoms with E-state index in [0.717, 1.165) is 17.6 Å². The number of anilines is 1. The van der Waals surface area contributed by atoms with Gasteiger partial charge in [0, 0.05) is 17.6 Å². The van der Waals surface area contributed by atoms with Crippen molar-refractivity contribution >= 4 is 38.6 Å².